The highest BCUT2D eigenvalue weighted by Crippen LogP contribution is 2.32. The molecule has 0 fully saturated rings. The minimum atomic E-state index is 0.266. The molecule has 1 radical (unpaired) electrons. The Morgan fingerprint density at radius 2 is 1.21 bits per heavy atom. The van der Waals surface area contributed by atoms with Gasteiger partial charge in [-0.05, 0) is 29.4 Å². The second kappa shape index (κ2) is 6.06. The summed E-state index contributed by atoms with van der Waals surface area (Å²) < 4.78 is 0. The molecule has 0 heteroatoms. The fourth-order valence-corrected chi connectivity index (χ4v) is 2.31. The molecular weight excluding hydrogens is 228 g/mol. The quantitative estimate of drug-likeness (QED) is 0.677. The molecule has 0 aliphatic heterocycles. The fourth-order valence-electron chi connectivity index (χ4n) is 2.31. The van der Waals surface area contributed by atoms with Gasteiger partial charge in [0.15, 0.2) is 0 Å². The third-order valence-corrected chi connectivity index (χ3v) is 3.37. The molecule has 0 bridgehead atoms. The van der Waals surface area contributed by atoms with Gasteiger partial charge in [0.25, 0.3) is 0 Å². The molecule has 0 saturated carbocycles. The van der Waals surface area contributed by atoms with E-state index in [2.05, 4.69) is 87.9 Å². The Morgan fingerprint density at radius 1 is 0.789 bits per heavy atom. The molecule has 0 saturated heterocycles. The van der Waals surface area contributed by atoms with E-state index in [-0.39, 0.29) is 5.41 Å². The minimum Gasteiger partial charge on any atom is -0.0622 e. The van der Waals surface area contributed by atoms with Gasteiger partial charge in [-0.25, -0.2) is 0 Å². The molecule has 0 N–H and O–H groups in total. The molecule has 0 aliphatic carbocycles. The fraction of sp³-hybridized carbons (Fsp3) is 0.316. The highest BCUT2D eigenvalue weighted by Gasteiger charge is 2.18. The molecule has 2 rings (SSSR count). The molecule has 0 aromatic heterocycles. The Kier molecular flexibility index (Phi) is 4.42. The summed E-state index contributed by atoms with van der Waals surface area (Å²) in [7, 11) is 0. The molecule has 0 heterocycles. The van der Waals surface area contributed by atoms with Crippen LogP contribution in [-0.4, -0.2) is 0 Å². The average Bonchev–Trinajstić information content (AvgIpc) is 2.40. The van der Waals surface area contributed by atoms with E-state index in [4.69, 9.17) is 0 Å². The van der Waals surface area contributed by atoms with E-state index in [1.54, 1.807) is 0 Å². The van der Waals surface area contributed by atoms with Gasteiger partial charge in [-0.1, -0.05) is 81.4 Å². The SMILES string of the molecule is CC(C)(C)[CH]CC(c1ccccc1)c1ccccc1. The summed E-state index contributed by atoms with van der Waals surface area (Å²) in [5.41, 5.74) is 3.06. The summed E-state index contributed by atoms with van der Waals surface area (Å²) in [6.07, 6.45) is 3.51. The van der Waals surface area contributed by atoms with E-state index in [1.165, 1.54) is 11.1 Å². The van der Waals surface area contributed by atoms with E-state index in [9.17, 15) is 0 Å². The summed E-state index contributed by atoms with van der Waals surface area (Å²) in [6, 6.07) is 21.6. The molecule has 0 atom stereocenters. The Morgan fingerprint density at radius 3 is 1.58 bits per heavy atom. The smallest absolute Gasteiger partial charge is 0.00922 e. The third kappa shape index (κ3) is 4.24. The Balaban J connectivity index is 2.24. The zero-order valence-electron chi connectivity index (χ0n) is 12.1. The van der Waals surface area contributed by atoms with Gasteiger partial charge in [0, 0.05) is 5.92 Å². The van der Waals surface area contributed by atoms with Crippen LogP contribution in [0.1, 0.15) is 44.2 Å². The monoisotopic (exact) mass is 251 g/mol. The maximum absolute atomic E-state index is 2.43. The van der Waals surface area contributed by atoms with Crippen molar-refractivity contribution in [1.29, 1.82) is 0 Å². The molecule has 0 unspecified atom stereocenters. The normalized spacial score (nSPS) is 11.8. The molecule has 0 spiro atoms. The molecule has 0 nitrogen and oxygen atoms in total. The van der Waals surface area contributed by atoms with Gasteiger partial charge in [-0.3, -0.25) is 0 Å². The van der Waals surface area contributed by atoms with Crippen molar-refractivity contribution < 1.29 is 0 Å². The van der Waals surface area contributed by atoms with Crippen LogP contribution in [-0.2, 0) is 0 Å². The summed E-state index contributed by atoms with van der Waals surface area (Å²) in [6.45, 7) is 6.79. The first-order chi connectivity index (χ1) is 9.06. The number of hydrogen-bond donors (Lipinski definition) is 0. The van der Waals surface area contributed by atoms with Gasteiger partial charge in [-0.15, -0.1) is 0 Å². The second-order valence-electron chi connectivity index (χ2n) is 6.18. The second-order valence-corrected chi connectivity index (χ2v) is 6.18. The van der Waals surface area contributed by atoms with E-state index in [1.807, 2.05) is 0 Å². The maximum atomic E-state index is 2.43. The van der Waals surface area contributed by atoms with Crippen LogP contribution < -0.4 is 0 Å². The first-order valence-electron chi connectivity index (χ1n) is 7.00. The molecular formula is C19H23. The van der Waals surface area contributed by atoms with Crippen LogP contribution >= 0.6 is 0 Å². The van der Waals surface area contributed by atoms with Gasteiger partial charge in [0.05, 0.1) is 0 Å². The van der Waals surface area contributed by atoms with Crippen LogP contribution in [0.3, 0.4) is 0 Å². The van der Waals surface area contributed by atoms with Gasteiger partial charge >= 0.3 is 0 Å². The van der Waals surface area contributed by atoms with Crippen molar-refractivity contribution in [3.63, 3.8) is 0 Å². The van der Waals surface area contributed by atoms with Crippen LogP contribution in [0.15, 0.2) is 60.7 Å². The molecule has 99 valence electrons. The summed E-state index contributed by atoms with van der Waals surface area (Å²) in [4.78, 5) is 0. The molecule has 0 amide bonds. The van der Waals surface area contributed by atoms with Crippen LogP contribution in [0.2, 0.25) is 0 Å². The average molecular weight is 251 g/mol. The lowest BCUT2D eigenvalue weighted by Crippen LogP contribution is -2.10. The number of hydrogen-bond acceptors (Lipinski definition) is 0. The van der Waals surface area contributed by atoms with Crippen molar-refractivity contribution >= 4 is 0 Å². The van der Waals surface area contributed by atoms with Crippen molar-refractivity contribution in [2.45, 2.75) is 33.1 Å². The molecule has 2 aromatic carbocycles. The van der Waals surface area contributed by atoms with E-state index in [0.717, 1.165) is 6.42 Å². The lowest BCUT2D eigenvalue weighted by molar-refractivity contribution is 0.465. The van der Waals surface area contributed by atoms with Crippen LogP contribution in [0.4, 0.5) is 0 Å². The van der Waals surface area contributed by atoms with Crippen molar-refractivity contribution in [3.05, 3.63) is 78.2 Å². The van der Waals surface area contributed by atoms with Crippen LogP contribution in [0, 0.1) is 11.8 Å². The molecule has 2 aromatic rings. The van der Waals surface area contributed by atoms with E-state index < -0.39 is 0 Å². The van der Waals surface area contributed by atoms with Gasteiger partial charge in [0.2, 0.25) is 0 Å². The summed E-state index contributed by atoms with van der Waals surface area (Å²) in [5.74, 6) is 0.460. The van der Waals surface area contributed by atoms with E-state index >= 15 is 0 Å². The Hall–Kier alpha value is -1.56. The highest BCUT2D eigenvalue weighted by molar-refractivity contribution is 5.32. The standard InChI is InChI=1S/C19H23/c1-19(2,3)15-14-18(16-10-6-4-7-11-16)17-12-8-5-9-13-17/h4-13,15,18H,14H2,1-3H3. The Labute approximate surface area is 117 Å². The topological polar surface area (TPSA) is 0 Å². The summed E-state index contributed by atoms with van der Waals surface area (Å²) >= 11 is 0. The highest BCUT2D eigenvalue weighted by atomic mass is 14.2. The predicted octanol–water partition coefficient (Wildman–Crippen LogP) is 5.46. The number of rotatable bonds is 4. The largest absolute Gasteiger partial charge is 0.0622 e. The minimum absolute atomic E-state index is 0.266. The number of benzene rings is 2. The van der Waals surface area contributed by atoms with E-state index in [0.29, 0.717) is 5.92 Å². The van der Waals surface area contributed by atoms with Gasteiger partial charge in [-0.2, -0.15) is 0 Å². The van der Waals surface area contributed by atoms with Crippen molar-refractivity contribution in [3.8, 4) is 0 Å². The molecule has 0 aliphatic rings. The van der Waals surface area contributed by atoms with Crippen molar-refractivity contribution in [1.82, 2.24) is 0 Å². The predicted molar refractivity (Wildman–Crippen MR) is 83.1 cm³/mol. The lowest BCUT2D eigenvalue weighted by Gasteiger charge is -2.23. The van der Waals surface area contributed by atoms with Crippen LogP contribution in [0.5, 0.6) is 0 Å². The molecule has 19 heavy (non-hydrogen) atoms. The van der Waals surface area contributed by atoms with Gasteiger partial charge < -0.3 is 0 Å². The van der Waals surface area contributed by atoms with Crippen LogP contribution in [0.25, 0.3) is 0 Å². The third-order valence-electron chi connectivity index (χ3n) is 3.37. The Bertz CT molecular complexity index is 437. The zero-order valence-corrected chi connectivity index (χ0v) is 12.1. The maximum Gasteiger partial charge on any atom is 0.00922 e. The lowest BCUT2D eigenvalue weighted by atomic mass is 9.81. The zero-order chi connectivity index (χ0) is 13.7. The van der Waals surface area contributed by atoms with Crippen molar-refractivity contribution in [2.75, 3.05) is 0 Å². The van der Waals surface area contributed by atoms with Crippen molar-refractivity contribution in [2.24, 2.45) is 5.41 Å². The summed E-state index contributed by atoms with van der Waals surface area (Å²) in [5, 5.41) is 0. The first-order valence-corrected chi connectivity index (χ1v) is 7.00. The van der Waals surface area contributed by atoms with Gasteiger partial charge in [0.1, 0.15) is 0 Å². The first kappa shape index (κ1) is 13.9.